The van der Waals surface area contributed by atoms with Crippen LogP contribution in [0.25, 0.3) is 5.69 Å². The van der Waals surface area contributed by atoms with Crippen LogP contribution in [0.4, 0.5) is 16.3 Å². The number of halogens is 1. The molecule has 144 valence electrons. The van der Waals surface area contributed by atoms with Gasteiger partial charge in [-0.05, 0) is 36.4 Å². The summed E-state index contributed by atoms with van der Waals surface area (Å²) in [5, 5.41) is 10.8. The summed E-state index contributed by atoms with van der Waals surface area (Å²) in [7, 11) is 0. The van der Waals surface area contributed by atoms with E-state index in [2.05, 4.69) is 15.7 Å². The van der Waals surface area contributed by atoms with Gasteiger partial charge in [-0.15, -0.1) is 0 Å². The van der Waals surface area contributed by atoms with E-state index in [-0.39, 0.29) is 5.41 Å². The van der Waals surface area contributed by atoms with Crippen LogP contribution >= 0.6 is 11.6 Å². The number of anilines is 2. The van der Waals surface area contributed by atoms with Crippen molar-refractivity contribution >= 4 is 35.4 Å². The second kappa shape index (κ2) is 7.86. The van der Waals surface area contributed by atoms with Crippen molar-refractivity contribution in [3.63, 3.8) is 0 Å². The number of nitrogens with one attached hydrogen (secondary N) is 2. The molecule has 6 nitrogen and oxygen atoms in total. The van der Waals surface area contributed by atoms with Crippen molar-refractivity contribution in [2.24, 2.45) is 0 Å². The first-order valence-corrected chi connectivity index (χ1v) is 9.14. The first-order chi connectivity index (χ1) is 13.3. The maximum Gasteiger partial charge on any atom is 0.324 e. The van der Waals surface area contributed by atoms with Crippen molar-refractivity contribution in [1.29, 1.82) is 0 Å². The number of carbonyl (C=O) groups is 2. The molecule has 28 heavy (non-hydrogen) atoms. The molecule has 0 saturated heterocycles. The summed E-state index contributed by atoms with van der Waals surface area (Å²) in [5.74, 6) is 0.499. The normalized spacial score (nSPS) is 11.1. The van der Waals surface area contributed by atoms with Gasteiger partial charge in [0.2, 0.25) is 0 Å². The van der Waals surface area contributed by atoms with Crippen molar-refractivity contribution in [3.05, 3.63) is 70.9 Å². The minimum atomic E-state index is -0.407. The summed E-state index contributed by atoms with van der Waals surface area (Å²) >= 11 is 5.87. The second-order valence-electron chi connectivity index (χ2n) is 7.38. The summed E-state index contributed by atoms with van der Waals surface area (Å²) in [6.45, 7) is 6.12. The smallest absolute Gasteiger partial charge is 0.308 e. The van der Waals surface area contributed by atoms with Gasteiger partial charge in [-0.1, -0.05) is 44.5 Å². The Balaban J connectivity index is 1.92. The Hall–Kier alpha value is -3.12. The van der Waals surface area contributed by atoms with E-state index < -0.39 is 6.03 Å². The average Bonchev–Trinajstić information content (AvgIpc) is 3.08. The lowest BCUT2D eigenvalue weighted by atomic mass is 9.92. The lowest BCUT2D eigenvalue weighted by Gasteiger charge is -2.14. The zero-order valence-electron chi connectivity index (χ0n) is 15.9. The SMILES string of the molecule is CC(C)(C)c1cc(NC(=O)Nc2ccc(Cl)cc2)n(-c2cccc(C=O)c2)n1. The summed E-state index contributed by atoms with van der Waals surface area (Å²) in [6.07, 6.45) is 0.776. The predicted molar refractivity (Wildman–Crippen MR) is 112 cm³/mol. The Bertz CT molecular complexity index is 1000. The number of amides is 2. The van der Waals surface area contributed by atoms with Crippen molar-refractivity contribution < 1.29 is 9.59 Å². The van der Waals surface area contributed by atoms with E-state index in [1.54, 1.807) is 47.1 Å². The molecule has 0 saturated carbocycles. The molecule has 0 aliphatic heterocycles. The van der Waals surface area contributed by atoms with Gasteiger partial charge in [0.15, 0.2) is 0 Å². The van der Waals surface area contributed by atoms with Crippen molar-refractivity contribution in [1.82, 2.24) is 9.78 Å². The van der Waals surface area contributed by atoms with E-state index in [4.69, 9.17) is 11.6 Å². The third-order valence-electron chi connectivity index (χ3n) is 4.07. The molecule has 0 bridgehead atoms. The Morgan fingerprint density at radius 1 is 1.07 bits per heavy atom. The fourth-order valence-corrected chi connectivity index (χ4v) is 2.70. The van der Waals surface area contributed by atoms with Gasteiger partial charge in [-0.3, -0.25) is 10.1 Å². The lowest BCUT2D eigenvalue weighted by molar-refractivity contribution is 0.112. The number of rotatable bonds is 4. The Kier molecular flexibility index (Phi) is 5.51. The molecule has 1 aromatic heterocycles. The van der Waals surface area contributed by atoms with E-state index in [1.165, 1.54) is 0 Å². The molecule has 2 N–H and O–H groups in total. The van der Waals surface area contributed by atoms with Gasteiger partial charge in [-0.2, -0.15) is 5.10 Å². The van der Waals surface area contributed by atoms with Gasteiger partial charge in [0.1, 0.15) is 12.1 Å². The van der Waals surface area contributed by atoms with Gasteiger partial charge in [0.05, 0.1) is 11.4 Å². The molecule has 7 heteroatoms. The van der Waals surface area contributed by atoms with Crippen LogP contribution in [0.15, 0.2) is 54.6 Å². The van der Waals surface area contributed by atoms with Gasteiger partial charge in [-0.25, -0.2) is 9.48 Å². The molecule has 2 amide bonds. The van der Waals surface area contributed by atoms with E-state index in [0.29, 0.717) is 27.8 Å². The molecule has 0 aliphatic rings. The van der Waals surface area contributed by atoms with E-state index >= 15 is 0 Å². The third kappa shape index (κ3) is 4.58. The van der Waals surface area contributed by atoms with Crippen LogP contribution in [0.1, 0.15) is 36.8 Å². The monoisotopic (exact) mass is 396 g/mol. The zero-order chi connectivity index (χ0) is 20.3. The molecule has 3 rings (SSSR count). The molecule has 0 atom stereocenters. The lowest BCUT2D eigenvalue weighted by Crippen LogP contribution is -2.21. The molecule has 0 spiro atoms. The minimum Gasteiger partial charge on any atom is -0.308 e. The van der Waals surface area contributed by atoms with Crippen LogP contribution in [-0.4, -0.2) is 22.1 Å². The molecule has 0 unspecified atom stereocenters. The first-order valence-electron chi connectivity index (χ1n) is 8.76. The van der Waals surface area contributed by atoms with Crippen LogP contribution < -0.4 is 10.6 Å². The van der Waals surface area contributed by atoms with Crippen LogP contribution in [0, 0.1) is 0 Å². The molecule has 0 radical (unpaired) electrons. The number of hydrogen-bond donors (Lipinski definition) is 2. The molecule has 0 aliphatic carbocycles. The second-order valence-corrected chi connectivity index (χ2v) is 7.81. The molecular weight excluding hydrogens is 376 g/mol. The standard InChI is InChI=1S/C21H21ClN4O2/c1-21(2,3)18-12-19(24-20(28)23-16-9-7-15(22)8-10-16)26(25-18)17-6-4-5-14(11-17)13-27/h4-13H,1-3H3,(H2,23,24,28). The van der Waals surface area contributed by atoms with Gasteiger partial charge < -0.3 is 5.32 Å². The van der Waals surface area contributed by atoms with E-state index in [1.807, 2.05) is 32.9 Å². The number of aromatic nitrogens is 2. The fourth-order valence-electron chi connectivity index (χ4n) is 2.58. The van der Waals surface area contributed by atoms with E-state index in [9.17, 15) is 9.59 Å². The summed E-state index contributed by atoms with van der Waals surface area (Å²) in [4.78, 5) is 23.6. The summed E-state index contributed by atoms with van der Waals surface area (Å²) in [5.41, 5.74) is 2.43. The van der Waals surface area contributed by atoms with Crippen molar-refractivity contribution in [2.45, 2.75) is 26.2 Å². The minimum absolute atomic E-state index is 0.212. The first kappa shape index (κ1) is 19.6. The van der Waals surface area contributed by atoms with Crippen molar-refractivity contribution in [2.75, 3.05) is 10.6 Å². The van der Waals surface area contributed by atoms with Crippen LogP contribution in [0.2, 0.25) is 5.02 Å². The Morgan fingerprint density at radius 3 is 2.43 bits per heavy atom. The van der Waals surface area contributed by atoms with Crippen LogP contribution in [0.5, 0.6) is 0 Å². The number of carbonyl (C=O) groups excluding carboxylic acids is 2. The maximum atomic E-state index is 12.5. The number of benzene rings is 2. The predicted octanol–water partition coefficient (Wildman–Crippen LogP) is 5.28. The molecule has 1 heterocycles. The average molecular weight is 397 g/mol. The van der Waals surface area contributed by atoms with Crippen molar-refractivity contribution in [3.8, 4) is 5.69 Å². The number of hydrogen-bond acceptors (Lipinski definition) is 3. The van der Waals surface area contributed by atoms with Crippen LogP contribution in [0.3, 0.4) is 0 Å². The Labute approximate surface area is 168 Å². The number of aldehydes is 1. The number of nitrogens with zero attached hydrogens (tertiary/aromatic N) is 2. The van der Waals surface area contributed by atoms with Gasteiger partial charge in [0, 0.05) is 27.8 Å². The molecule has 2 aromatic carbocycles. The Morgan fingerprint density at radius 2 is 1.79 bits per heavy atom. The number of urea groups is 1. The third-order valence-corrected chi connectivity index (χ3v) is 4.32. The quantitative estimate of drug-likeness (QED) is 0.589. The summed E-state index contributed by atoms with van der Waals surface area (Å²) < 4.78 is 1.62. The van der Waals surface area contributed by atoms with Crippen LogP contribution in [-0.2, 0) is 5.41 Å². The topological polar surface area (TPSA) is 76.0 Å². The highest BCUT2D eigenvalue weighted by atomic mass is 35.5. The molecular formula is C21H21ClN4O2. The van der Waals surface area contributed by atoms with Gasteiger partial charge in [0.25, 0.3) is 0 Å². The highest BCUT2D eigenvalue weighted by Gasteiger charge is 2.21. The van der Waals surface area contributed by atoms with E-state index in [0.717, 1.165) is 12.0 Å². The highest BCUT2D eigenvalue weighted by Crippen LogP contribution is 2.26. The highest BCUT2D eigenvalue weighted by molar-refractivity contribution is 6.30. The fraction of sp³-hybridized carbons (Fsp3) is 0.190. The molecule has 0 fully saturated rings. The largest absolute Gasteiger partial charge is 0.324 e. The maximum absolute atomic E-state index is 12.5. The summed E-state index contributed by atoms with van der Waals surface area (Å²) in [6, 6.07) is 15.3. The zero-order valence-corrected chi connectivity index (χ0v) is 16.6. The molecule has 3 aromatic rings. The van der Waals surface area contributed by atoms with Gasteiger partial charge >= 0.3 is 6.03 Å².